The zero-order valence-corrected chi connectivity index (χ0v) is 25.1. The van der Waals surface area contributed by atoms with E-state index in [-0.39, 0.29) is 59.5 Å². The third-order valence-corrected chi connectivity index (χ3v) is 5.30. The van der Waals surface area contributed by atoms with Gasteiger partial charge in [0.1, 0.15) is 0 Å². The van der Waals surface area contributed by atoms with Crippen molar-refractivity contribution >= 4 is 0 Å². The predicted octanol–water partition coefficient (Wildman–Crippen LogP) is -0.468. The van der Waals surface area contributed by atoms with Crippen molar-refractivity contribution in [2.24, 2.45) is 11.8 Å². The van der Waals surface area contributed by atoms with E-state index >= 15 is 0 Å². The number of unbranched alkanes of at least 4 members (excludes halogenated alkanes) is 6. The first kappa shape index (κ1) is 49.2. The van der Waals surface area contributed by atoms with Gasteiger partial charge in [0, 0.05) is 52.9 Å². The standard InChI is InChI=1S/C8H16O2.C6H14O2.C5H12O2.C4H10O2.C3H8O2.C2H6O2/c9-5-7-1-2-8(6-10)4-3-7;7-5-3-1-2-4-6-8;6-4-2-1-3-5-7;5-3-1-2-4-6;1-3(5)2-4;3-1-2-4/h7-10H,1-6H2;7-8H,1-6H2;6-7H,1-5H2;5-6H,1-4H2;3-5H,2H2,1H3;3-4H,1-2H2. The Labute approximate surface area is 242 Å². The first-order valence-corrected chi connectivity index (χ1v) is 14.7. The summed E-state index contributed by atoms with van der Waals surface area (Å²) in [6, 6.07) is 0. The lowest BCUT2D eigenvalue weighted by Gasteiger charge is -2.25. The molecule has 1 rings (SSSR count). The largest absolute Gasteiger partial charge is 0.396 e. The summed E-state index contributed by atoms with van der Waals surface area (Å²) in [7, 11) is 0. The number of aliphatic hydroxyl groups excluding tert-OH is 12. The van der Waals surface area contributed by atoms with Gasteiger partial charge in [-0.1, -0.05) is 12.8 Å². The van der Waals surface area contributed by atoms with E-state index in [2.05, 4.69) is 0 Å². The van der Waals surface area contributed by atoms with E-state index in [1.165, 1.54) is 6.92 Å². The third kappa shape index (κ3) is 61.5. The SMILES string of the molecule is CC(O)CO.OCC1CCC(CO)CC1.OCCCCCCO.OCCCCCO.OCCCCO.OCCO. The van der Waals surface area contributed by atoms with Gasteiger partial charge in [0.2, 0.25) is 0 Å². The molecule has 0 radical (unpaired) electrons. The Morgan fingerprint density at radius 1 is 0.400 bits per heavy atom. The molecule has 1 saturated carbocycles. The Morgan fingerprint density at radius 2 is 0.600 bits per heavy atom. The van der Waals surface area contributed by atoms with E-state index in [9.17, 15) is 0 Å². The van der Waals surface area contributed by atoms with Crippen molar-refractivity contribution in [3.05, 3.63) is 0 Å². The fourth-order valence-electron chi connectivity index (χ4n) is 2.80. The zero-order chi connectivity index (χ0) is 31.7. The maximum absolute atomic E-state index is 8.79. The van der Waals surface area contributed by atoms with Crippen LogP contribution in [0, 0.1) is 11.8 Å². The van der Waals surface area contributed by atoms with Crippen LogP contribution in [0.1, 0.15) is 90.4 Å². The van der Waals surface area contributed by atoms with Gasteiger partial charge in [-0.2, -0.15) is 0 Å². The van der Waals surface area contributed by atoms with Gasteiger partial charge in [-0.15, -0.1) is 0 Å². The molecule has 0 amide bonds. The minimum absolute atomic E-state index is 0.125. The molecule has 0 aromatic heterocycles. The number of hydrogen-bond acceptors (Lipinski definition) is 12. The summed E-state index contributed by atoms with van der Waals surface area (Å²) in [5.41, 5.74) is 0. The van der Waals surface area contributed by atoms with Gasteiger partial charge >= 0.3 is 0 Å². The lowest BCUT2D eigenvalue weighted by Crippen LogP contribution is -2.19. The van der Waals surface area contributed by atoms with E-state index in [4.69, 9.17) is 61.3 Å². The molecule has 0 aromatic carbocycles. The van der Waals surface area contributed by atoms with Crippen LogP contribution in [0.2, 0.25) is 0 Å². The van der Waals surface area contributed by atoms with Gasteiger partial charge < -0.3 is 61.3 Å². The van der Waals surface area contributed by atoms with Crippen LogP contribution in [0.3, 0.4) is 0 Å². The van der Waals surface area contributed by atoms with E-state index in [0.717, 1.165) is 83.5 Å². The van der Waals surface area contributed by atoms with Crippen molar-refractivity contribution in [1.29, 1.82) is 0 Å². The number of rotatable bonds is 16. The molecule has 1 unspecified atom stereocenters. The van der Waals surface area contributed by atoms with E-state index < -0.39 is 6.10 Å². The molecule has 12 nitrogen and oxygen atoms in total. The molecule has 1 aliphatic carbocycles. The predicted molar refractivity (Wildman–Crippen MR) is 157 cm³/mol. The molecule has 40 heavy (non-hydrogen) atoms. The van der Waals surface area contributed by atoms with E-state index in [0.29, 0.717) is 25.0 Å². The second-order valence-corrected chi connectivity index (χ2v) is 9.25. The Hall–Kier alpha value is -0.480. The second kappa shape index (κ2) is 51.3. The van der Waals surface area contributed by atoms with E-state index in [1.807, 2.05) is 0 Å². The topological polar surface area (TPSA) is 243 Å². The summed E-state index contributed by atoms with van der Waals surface area (Å²) in [6.07, 6.45) is 11.7. The number of hydrogen-bond donors (Lipinski definition) is 12. The molecule has 1 aliphatic rings. The van der Waals surface area contributed by atoms with Gasteiger partial charge in [0.05, 0.1) is 25.9 Å². The Bertz CT molecular complexity index is 330. The summed E-state index contributed by atoms with van der Waals surface area (Å²) in [5, 5.41) is 98.0. The van der Waals surface area contributed by atoms with Crippen molar-refractivity contribution < 1.29 is 61.3 Å². The molecule has 0 spiro atoms. The molecule has 0 aromatic rings. The number of aliphatic hydroxyl groups is 12. The van der Waals surface area contributed by atoms with Crippen molar-refractivity contribution in [3.63, 3.8) is 0 Å². The van der Waals surface area contributed by atoms with Gasteiger partial charge in [-0.3, -0.25) is 0 Å². The van der Waals surface area contributed by atoms with Gasteiger partial charge in [0.15, 0.2) is 0 Å². The average Bonchev–Trinajstić information content (AvgIpc) is 3.00. The monoisotopic (exact) mass is 594 g/mol. The molecule has 0 saturated heterocycles. The first-order valence-electron chi connectivity index (χ1n) is 14.7. The summed E-state index contributed by atoms with van der Waals surface area (Å²) in [6.45, 7) is 3.26. The Kier molecular flexibility index (Phi) is 63.1. The molecule has 0 bridgehead atoms. The van der Waals surface area contributed by atoms with Crippen LogP contribution in [-0.2, 0) is 0 Å². The smallest absolute Gasteiger partial charge is 0.0742 e. The third-order valence-electron chi connectivity index (χ3n) is 5.30. The molecule has 12 heteroatoms. The molecule has 1 atom stereocenters. The van der Waals surface area contributed by atoms with E-state index in [1.54, 1.807) is 0 Å². The maximum atomic E-state index is 8.79. The van der Waals surface area contributed by atoms with Crippen molar-refractivity contribution in [3.8, 4) is 0 Å². The van der Waals surface area contributed by atoms with Crippen molar-refractivity contribution in [1.82, 2.24) is 0 Å². The highest BCUT2D eigenvalue weighted by Crippen LogP contribution is 2.27. The molecule has 1 fully saturated rings. The highest BCUT2D eigenvalue weighted by Gasteiger charge is 2.19. The summed E-state index contributed by atoms with van der Waals surface area (Å²) in [5.74, 6) is 1.03. The lowest BCUT2D eigenvalue weighted by molar-refractivity contribution is 0.110. The fraction of sp³-hybridized carbons (Fsp3) is 1.00. The van der Waals surface area contributed by atoms with Crippen LogP contribution < -0.4 is 0 Å². The fourth-order valence-corrected chi connectivity index (χ4v) is 2.80. The molecular weight excluding hydrogens is 528 g/mol. The highest BCUT2D eigenvalue weighted by atomic mass is 16.3. The van der Waals surface area contributed by atoms with Crippen LogP contribution in [-0.4, -0.2) is 140 Å². The van der Waals surface area contributed by atoms with Crippen LogP contribution in [0.15, 0.2) is 0 Å². The molecule has 250 valence electrons. The quantitative estimate of drug-likeness (QED) is 0.102. The first-order chi connectivity index (χ1) is 19.3. The van der Waals surface area contributed by atoms with Crippen molar-refractivity contribution in [2.75, 3.05) is 72.7 Å². The normalized spacial score (nSPS) is 16.1. The van der Waals surface area contributed by atoms with Gasteiger partial charge in [0.25, 0.3) is 0 Å². The van der Waals surface area contributed by atoms with Crippen LogP contribution in [0.25, 0.3) is 0 Å². The van der Waals surface area contributed by atoms with Gasteiger partial charge in [-0.05, 0) is 89.4 Å². The summed E-state index contributed by atoms with van der Waals surface area (Å²) in [4.78, 5) is 0. The molecule has 0 aliphatic heterocycles. The van der Waals surface area contributed by atoms with Crippen molar-refractivity contribution in [2.45, 2.75) is 96.5 Å². The lowest BCUT2D eigenvalue weighted by atomic mass is 9.83. The van der Waals surface area contributed by atoms with Gasteiger partial charge in [-0.25, -0.2) is 0 Å². The molecule has 0 heterocycles. The molecular formula is C28H66O12. The molecule has 12 N–H and O–H groups in total. The Balaban J connectivity index is -0.000000126. The van der Waals surface area contributed by atoms with Crippen LogP contribution >= 0.6 is 0 Å². The average molecular weight is 595 g/mol. The maximum Gasteiger partial charge on any atom is 0.0742 e. The minimum atomic E-state index is -0.560. The van der Waals surface area contributed by atoms with Crippen LogP contribution in [0.4, 0.5) is 0 Å². The second-order valence-electron chi connectivity index (χ2n) is 9.25. The Morgan fingerprint density at radius 3 is 0.750 bits per heavy atom. The highest BCUT2D eigenvalue weighted by molar-refractivity contribution is 4.70. The minimum Gasteiger partial charge on any atom is -0.396 e. The summed E-state index contributed by atoms with van der Waals surface area (Å²) < 4.78 is 0. The summed E-state index contributed by atoms with van der Waals surface area (Å²) >= 11 is 0. The van der Waals surface area contributed by atoms with Crippen LogP contribution in [0.5, 0.6) is 0 Å². The zero-order valence-electron chi connectivity index (χ0n) is 25.1.